The third kappa shape index (κ3) is 14.6. The summed E-state index contributed by atoms with van der Waals surface area (Å²) in [7, 11) is 2.26. The van der Waals surface area contributed by atoms with Crippen LogP contribution in [-0.2, 0) is 0 Å². The highest BCUT2D eigenvalue weighted by Gasteiger charge is 2.13. The van der Waals surface area contributed by atoms with Gasteiger partial charge in [0.25, 0.3) is 0 Å². The van der Waals surface area contributed by atoms with Crippen molar-refractivity contribution in [3.63, 3.8) is 0 Å². The lowest BCUT2D eigenvalue weighted by Gasteiger charge is -2.27. The Morgan fingerprint density at radius 3 is 1.76 bits per heavy atom. The first kappa shape index (κ1) is 20.9. The molecule has 0 aliphatic carbocycles. The number of hydrogen-bond donors (Lipinski definition) is 0. The van der Waals surface area contributed by atoms with Crippen LogP contribution >= 0.6 is 0 Å². The molecule has 0 N–H and O–H groups in total. The molecule has 0 unspecified atom stereocenters. The molecule has 0 bridgehead atoms. The van der Waals surface area contributed by atoms with Crippen LogP contribution < -0.4 is 0 Å². The Morgan fingerprint density at radius 2 is 1.29 bits per heavy atom. The number of hydrogen-bond acceptors (Lipinski definition) is 2. The molecule has 0 amide bonds. The van der Waals surface area contributed by atoms with Crippen molar-refractivity contribution in [2.24, 2.45) is 10.8 Å². The summed E-state index contributed by atoms with van der Waals surface area (Å²) in [6.07, 6.45) is 5.35. The topological polar surface area (TPSA) is 6.48 Å². The molecule has 128 valence electrons. The summed E-state index contributed by atoms with van der Waals surface area (Å²) in [6.45, 7) is 22.4. The highest BCUT2D eigenvalue weighted by Crippen LogP contribution is 2.19. The molecule has 2 nitrogen and oxygen atoms in total. The van der Waals surface area contributed by atoms with Gasteiger partial charge >= 0.3 is 0 Å². The summed E-state index contributed by atoms with van der Waals surface area (Å²) in [6, 6.07) is 0. The van der Waals surface area contributed by atoms with Crippen LogP contribution in [0.4, 0.5) is 0 Å². The molecule has 0 aromatic rings. The van der Waals surface area contributed by atoms with E-state index in [1.54, 1.807) is 0 Å². The molecule has 0 fully saturated rings. The molecule has 0 aliphatic rings. The first-order valence-corrected chi connectivity index (χ1v) is 8.94. The predicted molar refractivity (Wildman–Crippen MR) is 97.0 cm³/mol. The van der Waals surface area contributed by atoms with Crippen molar-refractivity contribution < 1.29 is 0 Å². The highest BCUT2D eigenvalue weighted by atomic mass is 15.1. The monoisotopic (exact) mass is 298 g/mol. The average molecular weight is 299 g/mol. The molecule has 0 radical (unpaired) electrons. The number of rotatable bonds is 10. The standard InChI is InChI=1S/C19H42N2/c1-9-21(16-13-18(2,3)4)15-12-10-11-14-20(8)17-19(5,6)7/h9-17H2,1-8H3. The molecule has 2 heteroatoms. The zero-order valence-electron chi connectivity index (χ0n) is 16.3. The Bertz CT molecular complexity index is 247. The zero-order chi connectivity index (χ0) is 16.5. The Kier molecular flexibility index (Phi) is 9.80. The van der Waals surface area contributed by atoms with Gasteiger partial charge in [-0.1, -0.05) is 54.9 Å². The Hall–Kier alpha value is -0.0800. The Balaban J connectivity index is 3.68. The highest BCUT2D eigenvalue weighted by molar-refractivity contribution is 4.67. The van der Waals surface area contributed by atoms with E-state index in [0.717, 1.165) is 0 Å². The largest absolute Gasteiger partial charge is 0.306 e. The minimum absolute atomic E-state index is 0.417. The van der Waals surface area contributed by atoms with Crippen molar-refractivity contribution >= 4 is 0 Å². The molecular formula is C19H42N2. The zero-order valence-corrected chi connectivity index (χ0v) is 16.3. The van der Waals surface area contributed by atoms with E-state index in [4.69, 9.17) is 0 Å². The predicted octanol–water partition coefficient (Wildman–Crippen LogP) is 4.89. The minimum Gasteiger partial charge on any atom is -0.306 e. The fourth-order valence-electron chi connectivity index (χ4n) is 2.70. The van der Waals surface area contributed by atoms with Crippen LogP contribution in [0.1, 0.15) is 74.1 Å². The molecule has 0 heterocycles. The van der Waals surface area contributed by atoms with Gasteiger partial charge in [-0.15, -0.1) is 0 Å². The van der Waals surface area contributed by atoms with Crippen LogP contribution in [0.25, 0.3) is 0 Å². The Morgan fingerprint density at radius 1 is 0.714 bits per heavy atom. The van der Waals surface area contributed by atoms with Gasteiger partial charge < -0.3 is 9.80 Å². The van der Waals surface area contributed by atoms with Gasteiger partial charge in [0, 0.05) is 6.54 Å². The first-order chi connectivity index (χ1) is 9.53. The summed E-state index contributed by atoms with van der Waals surface area (Å²) in [4.78, 5) is 5.10. The van der Waals surface area contributed by atoms with Gasteiger partial charge in [0.2, 0.25) is 0 Å². The van der Waals surface area contributed by atoms with Crippen LogP contribution in [0, 0.1) is 10.8 Å². The van der Waals surface area contributed by atoms with E-state index < -0.39 is 0 Å². The summed E-state index contributed by atoms with van der Waals surface area (Å²) in [5.74, 6) is 0. The maximum atomic E-state index is 2.62. The smallest absolute Gasteiger partial charge is 0.00270 e. The summed E-state index contributed by atoms with van der Waals surface area (Å²) in [5, 5.41) is 0. The average Bonchev–Trinajstić information content (AvgIpc) is 2.29. The van der Waals surface area contributed by atoms with E-state index in [9.17, 15) is 0 Å². The van der Waals surface area contributed by atoms with Crippen LogP contribution in [0.2, 0.25) is 0 Å². The molecule has 0 saturated carbocycles. The van der Waals surface area contributed by atoms with Gasteiger partial charge in [-0.25, -0.2) is 0 Å². The second-order valence-electron chi connectivity index (χ2n) is 9.10. The molecule has 0 aromatic carbocycles. The van der Waals surface area contributed by atoms with E-state index in [2.05, 4.69) is 65.3 Å². The van der Waals surface area contributed by atoms with Crippen molar-refractivity contribution in [1.82, 2.24) is 9.80 Å². The van der Waals surface area contributed by atoms with Gasteiger partial charge in [0.1, 0.15) is 0 Å². The summed E-state index contributed by atoms with van der Waals surface area (Å²) in [5.41, 5.74) is 0.879. The summed E-state index contributed by atoms with van der Waals surface area (Å²) >= 11 is 0. The third-order valence-electron chi connectivity index (χ3n) is 3.88. The van der Waals surface area contributed by atoms with Crippen LogP contribution in [0.15, 0.2) is 0 Å². The molecule has 0 aliphatic heterocycles. The number of nitrogens with zero attached hydrogens (tertiary/aromatic N) is 2. The van der Waals surface area contributed by atoms with Crippen molar-refractivity contribution in [3.05, 3.63) is 0 Å². The lowest BCUT2D eigenvalue weighted by molar-refractivity contribution is 0.215. The van der Waals surface area contributed by atoms with Crippen molar-refractivity contribution in [1.29, 1.82) is 0 Å². The van der Waals surface area contributed by atoms with E-state index >= 15 is 0 Å². The fraction of sp³-hybridized carbons (Fsp3) is 1.00. The molecule has 0 aromatic heterocycles. The lowest BCUT2D eigenvalue weighted by Crippen LogP contribution is -2.30. The van der Waals surface area contributed by atoms with Crippen molar-refractivity contribution in [2.75, 3.05) is 39.8 Å². The second-order valence-corrected chi connectivity index (χ2v) is 9.10. The fourth-order valence-corrected chi connectivity index (χ4v) is 2.70. The van der Waals surface area contributed by atoms with Gasteiger partial charge in [-0.05, 0) is 63.3 Å². The minimum atomic E-state index is 0.417. The normalized spacial score (nSPS) is 13.4. The van der Waals surface area contributed by atoms with Gasteiger partial charge in [-0.3, -0.25) is 0 Å². The SMILES string of the molecule is CCN(CCCCCN(C)CC(C)(C)C)CCC(C)(C)C. The van der Waals surface area contributed by atoms with Crippen LogP contribution in [-0.4, -0.2) is 49.6 Å². The maximum Gasteiger partial charge on any atom is 0.00270 e. The maximum absolute atomic E-state index is 2.62. The molecule has 0 spiro atoms. The van der Waals surface area contributed by atoms with Crippen molar-refractivity contribution in [2.45, 2.75) is 74.1 Å². The second kappa shape index (κ2) is 9.84. The molecule has 0 rings (SSSR count). The van der Waals surface area contributed by atoms with Gasteiger partial charge in [0.15, 0.2) is 0 Å². The molecule has 0 saturated heterocycles. The van der Waals surface area contributed by atoms with E-state index in [1.807, 2.05) is 0 Å². The van der Waals surface area contributed by atoms with Crippen LogP contribution in [0.3, 0.4) is 0 Å². The van der Waals surface area contributed by atoms with Gasteiger partial charge in [-0.2, -0.15) is 0 Å². The molecule has 0 atom stereocenters. The van der Waals surface area contributed by atoms with Gasteiger partial charge in [0.05, 0.1) is 0 Å². The molecule has 21 heavy (non-hydrogen) atoms. The quantitative estimate of drug-likeness (QED) is 0.530. The van der Waals surface area contributed by atoms with E-state index in [1.165, 1.54) is 58.4 Å². The van der Waals surface area contributed by atoms with E-state index in [0.29, 0.717) is 10.8 Å². The first-order valence-electron chi connectivity index (χ1n) is 8.94. The lowest BCUT2D eigenvalue weighted by atomic mass is 9.92. The van der Waals surface area contributed by atoms with Crippen LogP contribution in [0.5, 0.6) is 0 Å². The Labute approximate surface area is 135 Å². The number of unbranched alkanes of at least 4 members (excludes halogenated alkanes) is 2. The van der Waals surface area contributed by atoms with E-state index in [-0.39, 0.29) is 0 Å². The van der Waals surface area contributed by atoms with Crippen molar-refractivity contribution in [3.8, 4) is 0 Å². The molecular weight excluding hydrogens is 256 g/mol. The third-order valence-corrected chi connectivity index (χ3v) is 3.88. The summed E-state index contributed by atoms with van der Waals surface area (Å²) < 4.78 is 0.